The molecule has 0 saturated heterocycles. The summed E-state index contributed by atoms with van der Waals surface area (Å²) < 4.78 is 10.4. The molecule has 104 valence electrons. The molecule has 4 heteroatoms. The molecule has 0 radical (unpaired) electrons. The highest BCUT2D eigenvalue weighted by molar-refractivity contribution is 6.00. The molecule has 0 heterocycles. The Balaban J connectivity index is 2.35. The van der Waals surface area contributed by atoms with Crippen molar-refractivity contribution < 1.29 is 19.1 Å². The third kappa shape index (κ3) is 2.79. The lowest BCUT2D eigenvalue weighted by molar-refractivity contribution is -0.150. The minimum Gasteiger partial charge on any atom is -0.478 e. The summed E-state index contributed by atoms with van der Waals surface area (Å²) in [5.74, 6) is -0.0586. The van der Waals surface area contributed by atoms with Gasteiger partial charge in [-0.3, -0.25) is 4.79 Å². The van der Waals surface area contributed by atoms with Crippen LogP contribution in [0.2, 0.25) is 0 Å². The van der Waals surface area contributed by atoms with Gasteiger partial charge in [0.15, 0.2) is 12.4 Å². The van der Waals surface area contributed by atoms with Crippen LogP contribution in [0.5, 0.6) is 5.75 Å². The van der Waals surface area contributed by atoms with Crippen LogP contribution >= 0.6 is 0 Å². The molecule has 0 aliphatic carbocycles. The van der Waals surface area contributed by atoms with Crippen molar-refractivity contribution in [3.8, 4) is 5.75 Å². The van der Waals surface area contributed by atoms with Crippen molar-refractivity contribution in [1.29, 1.82) is 0 Å². The van der Waals surface area contributed by atoms with Crippen molar-refractivity contribution in [3.05, 3.63) is 42.0 Å². The molecule has 0 saturated carbocycles. The predicted octanol–water partition coefficient (Wildman–Crippen LogP) is 2.98. The van der Waals surface area contributed by atoms with Crippen LogP contribution in [-0.4, -0.2) is 25.0 Å². The monoisotopic (exact) mass is 272 g/mol. The molecule has 20 heavy (non-hydrogen) atoms. The summed E-state index contributed by atoms with van der Waals surface area (Å²) in [6.07, 6.45) is -0.00923. The average molecular weight is 272 g/mol. The lowest BCUT2D eigenvalue weighted by Gasteiger charge is -2.15. The van der Waals surface area contributed by atoms with E-state index in [1.165, 1.54) is 0 Å². The number of carbonyl (C=O) groups excluding carboxylic acids is 2. The van der Waals surface area contributed by atoms with Crippen molar-refractivity contribution in [2.24, 2.45) is 0 Å². The zero-order chi connectivity index (χ0) is 14.5. The highest BCUT2D eigenvalue weighted by Crippen LogP contribution is 2.27. The van der Waals surface area contributed by atoms with E-state index in [4.69, 9.17) is 9.47 Å². The summed E-state index contributed by atoms with van der Waals surface area (Å²) in [5.41, 5.74) is 0.444. The average Bonchev–Trinajstić information content (AvgIpc) is 2.47. The number of aldehydes is 1. The molecule has 2 aromatic rings. The number of esters is 1. The van der Waals surface area contributed by atoms with Crippen LogP contribution in [0.15, 0.2) is 36.4 Å². The maximum atomic E-state index is 11.6. The Hall–Kier alpha value is -2.36. The maximum absolute atomic E-state index is 11.6. The molecule has 0 N–H and O–H groups in total. The van der Waals surface area contributed by atoms with E-state index in [1.807, 2.05) is 30.3 Å². The highest BCUT2D eigenvalue weighted by atomic mass is 16.6. The lowest BCUT2D eigenvalue weighted by Crippen LogP contribution is -2.26. The number of benzene rings is 2. The Labute approximate surface area is 117 Å². The molecule has 1 atom stereocenters. The minimum atomic E-state index is -0.755. The summed E-state index contributed by atoms with van der Waals surface area (Å²) in [4.78, 5) is 22.9. The minimum absolute atomic E-state index is 0.296. The van der Waals surface area contributed by atoms with E-state index in [0.717, 1.165) is 17.1 Å². The SMILES string of the molecule is CCOC(=O)C(C)Oc1ccc2ccccc2c1C=O. The molecule has 2 aromatic carbocycles. The first kappa shape index (κ1) is 14.1. The van der Waals surface area contributed by atoms with Gasteiger partial charge in [-0.05, 0) is 30.7 Å². The van der Waals surface area contributed by atoms with E-state index in [-0.39, 0.29) is 0 Å². The molecule has 0 aliphatic rings. The molecule has 2 rings (SSSR count). The number of ether oxygens (including phenoxy) is 2. The second-order valence-electron chi connectivity index (χ2n) is 4.33. The first-order valence-electron chi connectivity index (χ1n) is 6.47. The number of rotatable bonds is 5. The number of carbonyl (C=O) groups is 2. The van der Waals surface area contributed by atoms with E-state index in [0.29, 0.717) is 17.9 Å². The second-order valence-corrected chi connectivity index (χ2v) is 4.33. The van der Waals surface area contributed by atoms with E-state index >= 15 is 0 Å². The van der Waals surface area contributed by atoms with E-state index in [9.17, 15) is 9.59 Å². The zero-order valence-electron chi connectivity index (χ0n) is 11.5. The number of fused-ring (bicyclic) bond motifs is 1. The van der Waals surface area contributed by atoms with Crippen LogP contribution in [0, 0.1) is 0 Å². The standard InChI is InChI=1S/C16H16O4/c1-3-19-16(18)11(2)20-15-9-8-12-6-4-5-7-13(12)14(15)10-17/h4-11H,3H2,1-2H3. The van der Waals surface area contributed by atoms with Crippen molar-refractivity contribution >= 4 is 23.0 Å². The summed E-state index contributed by atoms with van der Waals surface area (Å²) in [5, 5.41) is 1.75. The Kier molecular flexibility index (Phi) is 4.35. The van der Waals surface area contributed by atoms with Crippen molar-refractivity contribution in [2.75, 3.05) is 6.61 Å². The van der Waals surface area contributed by atoms with E-state index < -0.39 is 12.1 Å². The molecule has 1 unspecified atom stereocenters. The number of hydrogen-bond donors (Lipinski definition) is 0. The van der Waals surface area contributed by atoms with E-state index in [2.05, 4.69) is 0 Å². The van der Waals surface area contributed by atoms with Gasteiger partial charge in [-0.2, -0.15) is 0 Å². The van der Waals surface area contributed by atoms with Crippen LogP contribution in [0.25, 0.3) is 10.8 Å². The van der Waals surface area contributed by atoms with Gasteiger partial charge in [0, 0.05) is 0 Å². The van der Waals surface area contributed by atoms with Crippen LogP contribution in [0.1, 0.15) is 24.2 Å². The first-order valence-corrected chi connectivity index (χ1v) is 6.47. The van der Waals surface area contributed by atoms with Gasteiger partial charge in [-0.25, -0.2) is 4.79 Å². The molecule has 0 aromatic heterocycles. The lowest BCUT2D eigenvalue weighted by atomic mass is 10.0. The Morgan fingerprint density at radius 3 is 2.70 bits per heavy atom. The summed E-state index contributed by atoms with van der Waals surface area (Å²) in [6.45, 7) is 3.63. The quantitative estimate of drug-likeness (QED) is 0.620. The van der Waals surface area contributed by atoms with Gasteiger partial charge in [-0.15, -0.1) is 0 Å². The maximum Gasteiger partial charge on any atom is 0.347 e. The summed E-state index contributed by atoms with van der Waals surface area (Å²) in [6, 6.07) is 11.1. The van der Waals surface area contributed by atoms with Gasteiger partial charge in [0.1, 0.15) is 5.75 Å². The van der Waals surface area contributed by atoms with Crippen LogP contribution in [-0.2, 0) is 9.53 Å². The van der Waals surface area contributed by atoms with E-state index in [1.54, 1.807) is 19.9 Å². The van der Waals surface area contributed by atoms with Crippen LogP contribution in [0.4, 0.5) is 0 Å². The van der Waals surface area contributed by atoms with Crippen LogP contribution in [0.3, 0.4) is 0 Å². The Morgan fingerprint density at radius 1 is 1.25 bits per heavy atom. The molecular formula is C16H16O4. The second kappa shape index (κ2) is 6.19. The predicted molar refractivity (Wildman–Crippen MR) is 76.1 cm³/mol. The fraction of sp³-hybridized carbons (Fsp3) is 0.250. The normalized spacial score (nSPS) is 11.9. The molecule has 0 fully saturated rings. The van der Waals surface area contributed by atoms with Crippen molar-refractivity contribution in [2.45, 2.75) is 20.0 Å². The smallest absolute Gasteiger partial charge is 0.347 e. The van der Waals surface area contributed by atoms with Gasteiger partial charge in [0.2, 0.25) is 0 Å². The van der Waals surface area contributed by atoms with Crippen molar-refractivity contribution in [1.82, 2.24) is 0 Å². The molecule has 0 amide bonds. The summed E-state index contributed by atoms with van der Waals surface area (Å²) >= 11 is 0. The zero-order valence-corrected chi connectivity index (χ0v) is 11.5. The fourth-order valence-electron chi connectivity index (χ4n) is 2.00. The number of hydrogen-bond acceptors (Lipinski definition) is 4. The van der Waals surface area contributed by atoms with Gasteiger partial charge in [-0.1, -0.05) is 30.3 Å². The van der Waals surface area contributed by atoms with Gasteiger partial charge in [0.05, 0.1) is 12.2 Å². The third-order valence-corrected chi connectivity index (χ3v) is 2.97. The topological polar surface area (TPSA) is 52.6 Å². The van der Waals surface area contributed by atoms with Gasteiger partial charge < -0.3 is 9.47 Å². The highest BCUT2D eigenvalue weighted by Gasteiger charge is 2.18. The first-order chi connectivity index (χ1) is 9.67. The molecule has 4 nitrogen and oxygen atoms in total. The van der Waals surface area contributed by atoms with Crippen molar-refractivity contribution in [3.63, 3.8) is 0 Å². The van der Waals surface area contributed by atoms with Gasteiger partial charge >= 0.3 is 5.97 Å². The third-order valence-electron chi connectivity index (χ3n) is 2.97. The molecule has 0 bridgehead atoms. The van der Waals surface area contributed by atoms with Gasteiger partial charge in [0.25, 0.3) is 0 Å². The summed E-state index contributed by atoms with van der Waals surface area (Å²) in [7, 11) is 0. The Bertz CT molecular complexity index is 633. The molecule has 0 aliphatic heterocycles. The Morgan fingerprint density at radius 2 is 2.00 bits per heavy atom. The molecular weight excluding hydrogens is 256 g/mol. The largest absolute Gasteiger partial charge is 0.478 e. The molecule has 0 spiro atoms. The van der Waals surface area contributed by atoms with Crippen LogP contribution < -0.4 is 4.74 Å². The fourth-order valence-corrected chi connectivity index (χ4v) is 2.00.